The predicted octanol–water partition coefficient (Wildman–Crippen LogP) is 0.761. The molecule has 0 amide bonds. The first-order chi connectivity index (χ1) is 11.2. The van der Waals surface area contributed by atoms with Gasteiger partial charge in [-0.25, -0.2) is 18.1 Å². The van der Waals surface area contributed by atoms with E-state index in [1.165, 1.54) is 19.2 Å². The first-order valence-corrected chi connectivity index (χ1v) is 8.73. The summed E-state index contributed by atoms with van der Waals surface area (Å²) in [6, 6.07) is 4.41. The van der Waals surface area contributed by atoms with Crippen LogP contribution in [0.15, 0.2) is 34.3 Å². The van der Waals surface area contributed by atoms with E-state index in [9.17, 15) is 8.42 Å². The molecule has 0 fully saturated rings. The minimum absolute atomic E-state index is 0.109. The van der Waals surface area contributed by atoms with E-state index in [-0.39, 0.29) is 29.3 Å². The topological polar surface area (TPSA) is 133 Å². The van der Waals surface area contributed by atoms with Crippen LogP contribution in [-0.2, 0) is 14.8 Å². The van der Waals surface area contributed by atoms with E-state index in [2.05, 4.69) is 14.7 Å². The lowest BCUT2D eigenvalue weighted by molar-refractivity contribution is 0.180. The number of methoxy groups -OCH3 is 1. The summed E-state index contributed by atoms with van der Waals surface area (Å²) in [6.45, 7) is 3.87. The van der Waals surface area contributed by atoms with Crippen molar-refractivity contribution < 1.29 is 13.2 Å². The van der Waals surface area contributed by atoms with E-state index < -0.39 is 10.0 Å². The van der Waals surface area contributed by atoms with Gasteiger partial charge in [-0.1, -0.05) is 6.07 Å². The van der Waals surface area contributed by atoms with Crippen LogP contribution in [0.2, 0.25) is 0 Å². The first-order valence-electron chi connectivity index (χ1n) is 7.25. The Balaban J connectivity index is 2.56. The number of nitrogens with zero attached hydrogens (tertiary/aromatic N) is 2. The quantitative estimate of drug-likeness (QED) is 0.520. The largest absolute Gasteiger partial charge is 0.383 e. The Labute approximate surface area is 141 Å². The van der Waals surface area contributed by atoms with Gasteiger partial charge in [-0.3, -0.25) is 0 Å². The lowest BCUT2D eigenvalue weighted by Crippen LogP contribution is -2.35. The van der Waals surface area contributed by atoms with Crippen LogP contribution in [-0.4, -0.2) is 39.1 Å². The highest BCUT2D eigenvalue weighted by molar-refractivity contribution is 7.89. The standard InChI is InChI=1S/C15H21N5O3S/c1-9-7-18-14(19-15(16)17)13-6-11(4-5-12(9)13)24(21,22)20-10(2)8-23-3/h4-7,10,20H,8H2,1-3H3,(H4,16,17,18,19). The lowest BCUT2D eigenvalue weighted by Gasteiger charge is -2.14. The molecule has 1 heterocycles. The third-order valence-electron chi connectivity index (χ3n) is 3.36. The molecule has 2 rings (SSSR count). The van der Waals surface area contributed by atoms with E-state index in [1.807, 2.05) is 6.92 Å². The fourth-order valence-corrected chi connectivity index (χ4v) is 3.60. The number of rotatable bonds is 6. The second kappa shape index (κ2) is 7.12. The van der Waals surface area contributed by atoms with Gasteiger partial charge in [0.1, 0.15) is 0 Å². The average molecular weight is 351 g/mol. The maximum absolute atomic E-state index is 12.5. The highest BCUT2D eigenvalue weighted by Crippen LogP contribution is 2.28. The minimum Gasteiger partial charge on any atom is -0.383 e. The number of hydrogen-bond acceptors (Lipinski definition) is 5. The number of fused-ring (bicyclic) bond motifs is 1. The van der Waals surface area contributed by atoms with Gasteiger partial charge in [-0.05, 0) is 36.9 Å². The monoisotopic (exact) mass is 351 g/mol. The molecule has 24 heavy (non-hydrogen) atoms. The highest BCUT2D eigenvalue weighted by Gasteiger charge is 2.19. The summed E-state index contributed by atoms with van der Waals surface area (Å²) in [7, 11) is -2.19. The molecule has 5 N–H and O–H groups in total. The van der Waals surface area contributed by atoms with Gasteiger partial charge in [0.2, 0.25) is 10.0 Å². The molecule has 0 saturated heterocycles. The fraction of sp³-hybridized carbons (Fsp3) is 0.333. The number of aromatic nitrogens is 1. The molecule has 0 aliphatic carbocycles. The van der Waals surface area contributed by atoms with Gasteiger partial charge < -0.3 is 16.2 Å². The van der Waals surface area contributed by atoms with Gasteiger partial charge in [0.15, 0.2) is 11.8 Å². The number of aliphatic imine (C=N–C) groups is 1. The van der Waals surface area contributed by atoms with Crippen LogP contribution in [0.5, 0.6) is 0 Å². The summed E-state index contributed by atoms with van der Waals surface area (Å²) in [5.74, 6) is 0.130. The summed E-state index contributed by atoms with van der Waals surface area (Å²) in [6.07, 6.45) is 1.64. The molecule has 130 valence electrons. The molecule has 2 aromatic rings. The Morgan fingerprint density at radius 3 is 2.71 bits per heavy atom. The van der Waals surface area contributed by atoms with E-state index in [1.54, 1.807) is 19.2 Å². The summed E-state index contributed by atoms with van der Waals surface area (Å²) < 4.78 is 32.5. The molecule has 8 nitrogen and oxygen atoms in total. The molecule has 0 radical (unpaired) electrons. The van der Waals surface area contributed by atoms with Crippen molar-refractivity contribution in [1.82, 2.24) is 9.71 Å². The van der Waals surface area contributed by atoms with Crippen molar-refractivity contribution in [3.8, 4) is 0 Å². The van der Waals surface area contributed by atoms with Gasteiger partial charge in [-0.15, -0.1) is 0 Å². The average Bonchev–Trinajstić information content (AvgIpc) is 2.49. The van der Waals surface area contributed by atoms with E-state index >= 15 is 0 Å². The van der Waals surface area contributed by atoms with Gasteiger partial charge in [-0.2, -0.15) is 4.99 Å². The van der Waals surface area contributed by atoms with E-state index in [0.29, 0.717) is 5.39 Å². The van der Waals surface area contributed by atoms with Crippen LogP contribution >= 0.6 is 0 Å². The van der Waals surface area contributed by atoms with Crippen molar-refractivity contribution >= 4 is 32.6 Å². The fourth-order valence-electron chi connectivity index (χ4n) is 2.34. The number of guanidine groups is 1. The highest BCUT2D eigenvalue weighted by atomic mass is 32.2. The number of aryl methyl sites for hydroxylation is 1. The smallest absolute Gasteiger partial charge is 0.240 e. The molecule has 1 aromatic carbocycles. The van der Waals surface area contributed by atoms with E-state index in [0.717, 1.165) is 10.9 Å². The van der Waals surface area contributed by atoms with Crippen molar-refractivity contribution in [2.75, 3.05) is 13.7 Å². The maximum atomic E-state index is 12.5. The summed E-state index contributed by atoms with van der Waals surface area (Å²) in [4.78, 5) is 8.25. The van der Waals surface area contributed by atoms with Crippen molar-refractivity contribution in [3.05, 3.63) is 30.0 Å². The maximum Gasteiger partial charge on any atom is 0.240 e. The zero-order valence-corrected chi connectivity index (χ0v) is 14.6. The Kier molecular flexibility index (Phi) is 5.37. The number of hydrogen-bond donors (Lipinski definition) is 3. The van der Waals surface area contributed by atoms with Crippen LogP contribution in [0.3, 0.4) is 0 Å². The molecular weight excluding hydrogens is 330 g/mol. The molecule has 0 bridgehead atoms. The number of benzene rings is 1. The minimum atomic E-state index is -3.70. The van der Waals surface area contributed by atoms with Crippen molar-refractivity contribution in [2.24, 2.45) is 16.5 Å². The number of nitrogens with one attached hydrogen (secondary N) is 1. The molecule has 1 unspecified atom stereocenters. The Hall–Kier alpha value is -2.23. The zero-order valence-electron chi connectivity index (χ0n) is 13.8. The van der Waals surface area contributed by atoms with Crippen LogP contribution in [0.1, 0.15) is 12.5 Å². The second-order valence-electron chi connectivity index (χ2n) is 5.49. The molecular formula is C15H21N5O3S. The van der Waals surface area contributed by atoms with Crippen LogP contribution in [0, 0.1) is 6.92 Å². The van der Waals surface area contributed by atoms with Gasteiger partial charge >= 0.3 is 0 Å². The van der Waals surface area contributed by atoms with Gasteiger partial charge in [0, 0.05) is 24.7 Å². The third kappa shape index (κ3) is 3.99. The van der Waals surface area contributed by atoms with Crippen LogP contribution in [0.25, 0.3) is 10.8 Å². The Morgan fingerprint density at radius 2 is 2.08 bits per heavy atom. The first kappa shape index (κ1) is 18.1. The second-order valence-corrected chi connectivity index (χ2v) is 7.20. The molecule has 0 spiro atoms. The molecule has 0 saturated carbocycles. The number of pyridine rings is 1. The number of sulfonamides is 1. The summed E-state index contributed by atoms with van der Waals surface area (Å²) in [5.41, 5.74) is 11.7. The SMILES string of the molecule is COCC(C)NS(=O)(=O)c1ccc2c(C)cnc(N=C(N)N)c2c1. The molecule has 1 atom stereocenters. The predicted molar refractivity (Wildman–Crippen MR) is 93.6 cm³/mol. The van der Waals surface area contributed by atoms with Crippen molar-refractivity contribution in [2.45, 2.75) is 24.8 Å². The van der Waals surface area contributed by atoms with Gasteiger partial charge in [0.05, 0.1) is 11.5 Å². The third-order valence-corrected chi connectivity index (χ3v) is 4.94. The summed E-state index contributed by atoms with van der Waals surface area (Å²) >= 11 is 0. The number of ether oxygens (including phenoxy) is 1. The van der Waals surface area contributed by atoms with Crippen molar-refractivity contribution in [3.63, 3.8) is 0 Å². The van der Waals surface area contributed by atoms with Gasteiger partial charge in [0.25, 0.3) is 0 Å². The van der Waals surface area contributed by atoms with Crippen LogP contribution in [0.4, 0.5) is 5.82 Å². The summed E-state index contributed by atoms with van der Waals surface area (Å²) in [5, 5.41) is 1.39. The zero-order chi connectivity index (χ0) is 17.9. The van der Waals surface area contributed by atoms with Crippen LogP contribution < -0.4 is 16.2 Å². The number of nitrogens with two attached hydrogens (primary N) is 2. The molecule has 0 aliphatic heterocycles. The normalized spacial score (nSPS) is 13.0. The molecule has 1 aromatic heterocycles. The Bertz CT molecular complexity index is 876. The van der Waals surface area contributed by atoms with Crippen molar-refractivity contribution in [1.29, 1.82) is 0 Å². The molecule has 0 aliphatic rings. The lowest BCUT2D eigenvalue weighted by atomic mass is 10.1. The van der Waals surface area contributed by atoms with E-state index in [4.69, 9.17) is 16.2 Å². The molecule has 9 heteroatoms. The Morgan fingerprint density at radius 1 is 1.38 bits per heavy atom.